The molecule has 0 bridgehead atoms. The van der Waals surface area contributed by atoms with Gasteiger partial charge in [0.1, 0.15) is 12.4 Å². The number of rotatable bonds is 4. The molecule has 0 unspecified atom stereocenters. The summed E-state index contributed by atoms with van der Waals surface area (Å²) in [6.45, 7) is 0.212. The first-order valence-corrected chi connectivity index (χ1v) is 7.76. The Hall–Kier alpha value is -2.70. The summed E-state index contributed by atoms with van der Waals surface area (Å²) in [4.78, 5) is 8.83. The minimum absolute atomic E-state index is 0.156. The number of fused-ring (bicyclic) bond motifs is 1. The number of imidazole rings is 1. The molecule has 0 atom stereocenters. The first kappa shape index (κ1) is 14.9. The van der Waals surface area contributed by atoms with Crippen molar-refractivity contribution in [1.29, 1.82) is 0 Å². The molecule has 0 aliphatic heterocycles. The molecule has 4 rings (SSSR count). The SMILES string of the molecule is OCc1nc2ccccc2n1Cc1noc(-c2ccc(Cl)cc2)n1. The van der Waals surface area contributed by atoms with E-state index in [1.54, 1.807) is 12.1 Å². The van der Waals surface area contributed by atoms with Gasteiger partial charge in [0.15, 0.2) is 5.82 Å². The monoisotopic (exact) mass is 340 g/mol. The van der Waals surface area contributed by atoms with Gasteiger partial charge in [0.05, 0.1) is 17.6 Å². The molecule has 0 saturated carbocycles. The van der Waals surface area contributed by atoms with Crippen LogP contribution in [-0.2, 0) is 13.2 Å². The third-order valence-corrected chi connectivity index (χ3v) is 3.99. The van der Waals surface area contributed by atoms with Crippen LogP contribution in [0.2, 0.25) is 5.02 Å². The molecule has 0 spiro atoms. The number of hydrogen-bond donors (Lipinski definition) is 1. The molecule has 7 heteroatoms. The first-order valence-electron chi connectivity index (χ1n) is 7.38. The highest BCUT2D eigenvalue weighted by atomic mass is 35.5. The second kappa shape index (κ2) is 6.07. The minimum atomic E-state index is -0.156. The van der Waals surface area contributed by atoms with Crippen LogP contribution in [0.5, 0.6) is 0 Å². The van der Waals surface area contributed by atoms with Gasteiger partial charge in [-0.15, -0.1) is 0 Å². The average molecular weight is 341 g/mol. The summed E-state index contributed by atoms with van der Waals surface area (Å²) in [5.74, 6) is 1.50. The van der Waals surface area contributed by atoms with Gasteiger partial charge in [-0.2, -0.15) is 4.98 Å². The molecule has 0 aliphatic carbocycles. The largest absolute Gasteiger partial charge is 0.388 e. The van der Waals surface area contributed by atoms with Gasteiger partial charge >= 0.3 is 0 Å². The zero-order valence-electron chi connectivity index (χ0n) is 12.6. The van der Waals surface area contributed by atoms with Crippen LogP contribution in [0.4, 0.5) is 0 Å². The highest BCUT2D eigenvalue weighted by molar-refractivity contribution is 6.30. The lowest BCUT2D eigenvalue weighted by atomic mass is 10.2. The Labute approximate surface area is 142 Å². The van der Waals surface area contributed by atoms with Gasteiger partial charge < -0.3 is 14.2 Å². The van der Waals surface area contributed by atoms with Crippen LogP contribution in [0.15, 0.2) is 53.1 Å². The zero-order chi connectivity index (χ0) is 16.5. The van der Waals surface area contributed by atoms with Gasteiger partial charge in [-0.05, 0) is 36.4 Å². The lowest BCUT2D eigenvalue weighted by Crippen LogP contribution is -2.06. The standard InChI is InChI=1S/C17H13ClN4O2/c18-12-7-5-11(6-8-12)17-20-15(21-24-17)9-22-14-4-2-1-3-13(14)19-16(22)10-23/h1-8,23H,9-10H2. The number of aromatic nitrogens is 4. The fourth-order valence-electron chi connectivity index (χ4n) is 2.59. The Bertz CT molecular complexity index is 991. The predicted octanol–water partition coefficient (Wildman–Crippen LogP) is 3.28. The van der Waals surface area contributed by atoms with Crippen LogP contribution in [0.1, 0.15) is 11.6 Å². The Morgan fingerprint density at radius 1 is 1.04 bits per heavy atom. The molecular formula is C17H13ClN4O2. The van der Waals surface area contributed by atoms with Crippen molar-refractivity contribution in [3.05, 3.63) is 65.2 Å². The molecule has 1 N–H and O–H groups in total. The molecule has 4 aromatic rings. The molecule has 2 aromatic carbocycles. The van der Waals surface area contributed by atoms with Gasteiger partial charge in [-0.1, -0.05) is 28.9 Å². The normalized spacial score (nSPS) is 11.2. The highest BCUT2D eigenvalue weighted by Crippen LogP contribution is 2.21. The number of aliphatic hydroxyl groups is 1. The summed E-state index contributed by atoms with van der Waals surface area (Å²) >= 11 is 5.89. The smallest absolute Gasteiger partial charge is 0.257 e. The molecular weight excluding hydrogens is 328 g/mol. The van der Waals surface area contributed by atoms with E-state index < -0.39 is 0 Å². The molecule has 0 radical (unpaired) electrons. The highest BCUT2D eigenvalue weighted by Gasteiger charge is 2.14. The minimum Gasteiger partial charge on any atom is -0.388 e. The van der Waals surface area contributed by atoms with Crippen LogP contribution in [-0.4, -0.2) is 24.8 Å². The Balaban J connectivity index is 1.68. The number of nitrogens with zero attached hydrogens (tertiary/aromatic N) is 4. The third kappa shape index (κ3) is 2.66. The van der Waals surface area contributed by atoms with E-state index in [4.69, 9.17) is 16.1 Å². The Morgan fingerprint density at radius 2 is 1.83 bits per heavy atom. The van der Waals surface area contributed by atoms with Crippen LogP contribution in [0, 0.1) is 0 Å². The van der Waals surface area contributed by atoms with E-state index in [9.17, 15) is 5.11 Å². The van der Waals surface area contributed by atoms with Crippen molar-refractivity contribution < 1.29 is 9.63 Å². The van der Waals surface area contributed by atoms with Gasteiger partial charge in [0.25, 0.3) is 5.89 Å². The number of aliphatic hydroxyl groups excluding tert-OH is 1. The molecule has 24 heavy (non-hydrogen) atoms. The number of hydrogen-bond acceptors (Lipinski definition) is 5. The summed E-state index contributed by atoms with van der Waals surface area (Å²) < 4.78 is 7.21. The van der Waals surface area contributed by atoms with Crippen molar-refractivity contribution in [3.63, 3.8) is 0 Å². The van der Waals surface area contributed by atoms with Crippen LogP contribution < -0.4 is 0 Å². The molecule has 6 nitrogen and oxygen atoms in total. The molecule has 2 heterocycles. The molecule has 0 amide bonds. The number of para-hydroxylation sites is 2. The number of halogens is 1. The van der Waals surface area contributed by atoms with Crippen molar-refractivity contribution >= 4 is 22.6 Å². The van der Waals surface area contributed by atoms with E-state index in [0.29, 0.717) is 29.1 Å². The van der Waals surface area contributed by atoms with E-state index in [1.807, 2.05) is 41.0 Å². The Kier molecular flexibility index (Phi) is 3.76. The van der Waals surface area contributed by atoms with Crippen molar-refractivity contribution in [3.8, 4) is 11.5 Å². The fraction of sp³-hybridized carbons (Fsp3) is 0.118. The van der Waals surface area contributed by atoms with Crippen molar-refractivity contribution in [2.24, 2.45) is 0 Å². The summed E-state index contributed by atoms with van der Waals surface area (Å²) in [7, 11) is 0. The van der Waals surface area contributed by atoms with E-state index in [0.717, 1.165) is 16.6 Å². The Morgan fingerprint density at radius 3 is 2.62 bits per heavy atom. The maximum absolute atomic E-state index is 9.55. The summed E-state index contributed by atoms with van der Waals surface area (Å²) in [5.41, 5.74) is 2.54. The third-order valence-electron chi connectivity index (χ3n) is 3.73. The maximum Gasteiger partial charge on any atom is 0.257 e. The summed E-state index contributed by atoms with van der Waals surface area (Å²) in [6, 6.07) is 14.9. The van der Waals surface area contributed by atoms with Gasteiger partial charge in [-0.3, -0.25) is 0 Å². The fourth-order valence-corrected chi connectivity index (χ4v) is 2.72. The lowest BCUT2D eigenvalue weighted by molar-refractivity contribution is 0.266. The summed E-state index contributed by atoms with van der Waals surface area (Å²) in [5, 5.41) is 14.2. The first-order chi connectivity index (χ1) is 11.7. The average Bonchev–Trinajstić information content (AvgIpc) is 3.21. The van der Waals surface area contributed by atoms with Crippen LogP contribution in [0.25, 0.3) is 22.5 Å². The van der Waals surface area contributed by atoms with E-state index >= 15 is 0 Å². The maximum atomic E-state index is 9.55. The van der Waals surface area contributed by atoms with E-state index in [2.05, 4.69) is 15.1 Å². The summed E-state index contributed by atoms with van der Waals surface area (Å²) in [6.07, 6.45) is 0. The molecule has 0 aliphatic rings. The van der Waals surface area contributed by atoms with Gasteiger partial charge in [0.2, 0.25) is 0 Å². The number of benzene rings is 2. The van der Waals surface area contributed by atoms with Crippen molar-refractivity contribution in [1.82, 2.24) is 19.7 Å². The molecule has 2 aromatic heterocycles. The van der Waals surface area contributed by atoms with Crippen LogP contribution in [0.3, 0.4) is 0 Å². The molecule has 0 saturated heterocycles. The van der Waals surface area contributed by atoms with E-state index in [-0.39, 0.29) is 6.61 Å². The van der Waals surface area contributed by atoms with Gasteiger partial charge in [-0.25, -0.2) is 4.98 Å². The second-order valence-electron chi connectivity index (χ2n) is 5.28. The lowest BCUT2D eigenvalue weighted by Gasteiger charge is -2.03. The van der Waals surface area contributed by atoms with Crippen LogP contribution >= 0.6 is 11.6 Å². The quantitative estimate of drug-likeness (QED) is 0.617. The molecule has 0 fully saturated rings. The van der Waals surface area contributed by atoms with E-state index in [1.165, 1.54) is 0 Å². The second-order valence-corrected chi connectivity index (χ2v) is 5.72. The predicted molar refractivity (Wildman–Crippen MR) is 89.5 cm³/mol. The zero-order valence-corrected chi connectivity index (χ0v) is 13.3. The molecule has 120 valence electrons. The topological polar surface area (TPSA) is 77.0 Å². The van der Waals surface area contributed by atoms with Crippen molar-refractivity contribution in [2.75, 3.05) is 0 Å². The van der Waals surface area contributed by atoms with Crippen molar-refractivity contribution in [2.45, 2.75) is 13.2 Å². The van der Waals surface area contributed by atoms with Gasteiger partial charge in [0, 0.05) is 10.6 Å².